The molecule has 4 heteroatoms. The Bertz CT molecular complexity index is 404. The predicted octanol–water partition coefficient (Wildman–Crippen LogP) is 3.75. The van der Waals surface area contributed by atoms with Crippen LogP contribution in [0, 0.1) is 12.8 Å². The molecule has 0 saturated heterocycles. The number of rotatable bonds is 6. The molecule has 1 unspecified atom stereocenters. The summed E-state index contributed by atoms with van der Waals surface area (Å²) >= 11 is 1.94. The molecule has 1 N–H and O–H groups in total. The van der Waals surface area contributed by atoms with E-state index in [-0.39, 0.29) is 5.54 Å². The third-order valence-corrected chi connectivity index (χ3v) is 4.81. The summed E-state index contributed by atoms with van der Waals surface area (Å²) < 4.78 is 2.03. The topological polar surface area (TPSA) is 29.9 Å². The average molecular weight is 283 g/mol. The van der Waals surface area contributed by atoms with Crippen molar-refractivity contribution in [3.63, 3.8) is 0 Å². The molecule has 1 aromatic rings. The van der Waals surface area contributed by atoms with Crippen molar-refractivity contribution in [1.29, 1.82) is 0 Å². The normalized spacial score (nSPS) is 13.8. The fraction of sp³-hybridized carbons (Fsp3) is 0.800. The van der Waals surface area contributed by atoms with Crippen LogP contribution in [0.5, 0.6) is 0 Å². The molecule has 3 nitrogen and oxygen atoms in total. The van der Waals surface area contributed by atoms with Crippen molar-refractivity contribution in [1.82, 2.24) is 15.1 Å². The summed E-state index contributed by atoms with van der Waals surface area (Å²) in [7, 11) is 2.05. The van der Waals surface area contributed by atoms with Gasteiger partial charge in [0.2, 0.25) is 0 Å². The van der Waals surface area contributed by atoms with Crippen LogP contribution in [-0.2, 0) is 13.6 Å². The summed E-state index contributed by atoms with van der Waals surface area (Å²) in [5.74, 6) is 1.92. The molecule has 0 fully saturated rings. The van der Waals surface area contributed by atoms with E-state index >= 15 is 0 Å². The minimum Gasteiger partial charge on any atom is -0.308 e. The first-order valence-corrected chi connectivity index (χ1v) is 8.13. The van der Waals surface area contributed by atoms with E-state index in [0.29, 0.717) is 0 Å². The van der Waals surface area contributed by atoms with Gasteiger partial charge < -0.3 is 5.32 Å². The lowest BCUT2D eigenvalue weighted by atomic mass is 10.1. The second-order valence-electron chi connectivity index (χ2n) is 6.42. The van der Waals surface area contributed by atoms with Gasteiger partial charge in [-0.1, -0.05) is 20.3 Å². The van der Waals surface area contributed by atoms with E-state index in [2.05, 4.69) is 52.0 Å². The first-order valence-electron chi connectivity index (χ1n) is 7.15. The van der Waals surface area contributed by atoms with Crippen LogP contribution < -0.4 is 5.32 Å². The molecule has 110 valence electrons. The van der Waals surface area contributed by atoms with Gasteiger partial charge in [0.1, 0.15) is 0 Å². The van der Waals surface area contributed by atoms with Crippen LogP contribution in [0.15, 0.2) is 5.03 Å². The van der Waals surface area contributed by atoms with Gasteiger partial charge in [-0.3, -0.25) is 4.68 Å². The fourth-order valence-electron chi connectivity index (χ4n) is 1.76. The maximum atomic E-state index is 4.57. The van der Waals surface area contributed by atoms with Crippen molar-refractivity contribution >= 4 is 11.8 Å². The smallest absolute Gasteiger partial charge is 0.0984 e. The standard InChI is InChI=1S/C15H29N3S/c1-8-11(2)10-19-14-13(9-16-15(4,5)6)12(3)17-18(14)7/h11,16H,8-10H2,1-7H3. The summed E-state index contributed by atoms with van der Waals surface area (Å²) in [4.78, 5) is 0. The SMILES string of the molecule is CCC(C)CSc1c(CNC(C)(C)C)c(C)nn1C. The number of thioether (sulfide) groups is 1. The number of hydrogen-bond acceptors (Lipinski definition) is 3. The van der Waals surface area contributed by atoms with E-state index < -0.39 is 0 Å². The van der Waals surface area contributed by atoms with Crippen LogP contribution in [0.3, 0.4) is 0 Å². The zero-order valence-corrected chi connectivity index (χ0v) is 14.3. The number of nitrogens with zero attached hydrogens (tertiary/aromatic N) is 2. The monoisotopic (exact) mass is 283 g/mol. The number of aromatic nitrogens is 2. The maximum Gasteiger partial charge on any atom is 0.0984 e. The highest BCUT2D eigenvalue weighted by Crippen LogP contribution is 2.27. The minimum atomic E-state index is 0.140. The number of aryl methyl sites for hydroxylation is 2. The second kappa shape index (κ2) is 6.80. The fourth-order valence-corrected chi connectivity index (χ4v) is 3.06. The Balaban J connectivity index is 2.79. The van der Waals surface area contributed by atoms with Crippen molar-refractivity contribution in [2.45, 2.75) is 65.1 Å². The van der Waals surface area contributed by atoms with Crippen LogP contribution in [0.2, 0.25) is 0 Å². The molecule has 0 bridgehead atoms. The first-order chi connectivity index (χ1) is 8.74. The van der Waals surface area contributed by atoms with E-state index in [0.717, 1.165) is 23.9 Å². The van der Waals surface area contributed by atoms with Gasteiger partial charge in [0, 0.05) is 30.4 Å². The summed E-state index contributed by atoms with van der Waals surface area (Å²) in [6.07, 6.45) is 1.24. The lowest BCUT2D eigenvalue weighted by molar-refractivity contribution is 0.421. The number of hydrogen-bond donors (Lipinski definition) is 1. The predicted molar refractivity (Wildman–Crippen MR) is 84.7 cm³/mol. The van der Waals surface area contributed by atoms with Crippen molar-refractivity contribution in [2.75, 3.05) is 5.75 Å². The molecule has 0 aliphatic carbocycles. The van der Waals surface area contributed by atoms with Gasteiger partial charge in [-0.25, -0.2) is 0 Å². The molecular weight excluding hydrogens is 254 g/mol. The van der Waals surface area contributed by atoms with Crippen LogP contribution >= 0.6 is 11.8 Å². The molecule has 0 amide bonds. The Morgan fingerprint density at radius 2 is 2.00 bits per heavy atom. The summed E-state index contributed by atoms with van der Waals surface area (Å²) in [5.41, 5.74) is 2.64. The zero-order valence-electron chi connectivity index (χ0n) is 13.5. The lowest BCUT2D eigenvalue weighted by Crippen LogP contribution is -2.35. The Kier molecular flexibility index (Phi) is 5.93. The first kappa shape index (κ1) is 16.6. The minimum absolute atomic E-state index is 0.140. The van der Waals surface area contributed by atoms with E-state index in [1.165, 1.54) is 17.0 Å². The van der Waals surface area contributed by atoms with E-state index in [4.69, 9.17) is 0 Å². The van der Waals surface area contributed by atoms with Gasteiger partial charge in [0.05, 0.1) is 10.7 Å². The second-order valence-corrected chi connectivity index (χ2v) is 7.43. The van der Waals surface area contributed by atoms with Gasteiger partial charge in [-0.15, -0.1) is 11.8 Å². The van der Waals surface area contributed by atoms with Crippen molar-refractivity contribution in [3.05, 3.63) is 11.3 Å². The molecular formula is C15H29N3S. The van der Waals surface area contributed by atoms with Crippen LogP contribution in [0.1, 0.15) is 52.3 Å². The average Bonchev–Trinajstić information content (AvgIpc) is 2.57. The van der Waals surface area contributed by atoms with Gasteiger partial charge in [0.15, 0.2) is 0 Å². The van der Waals surface area contributed by atoms with E-state index in [1.807, 2.05) is 23.5 Å². The molecule has 0 radical (unpaired) electrons. The quantitative estimate of drug-likeness (QED) is 0.806. The zero-order chi connectivity index (χ0) is 14.6. The third kappa shape index (κ3) is 5.19. The largest absolute Gasteiger partial charge is 0.308 e. The summed E-state index contributed by atoms with van der Waals surface area (Å²) in [6, 6.07) is 0. The van der Waals surface area contributed by atoms with E-state index in [1.54, 1.807) is 0 Å². The molecule has 1 atom stereocenters. The molecule has 19 heavy (non-hydrogen) atoms. The third-order valence-electron chi connectivity index (χ3n) is 3.29. The molecule has 1 aromatic heterocycles. The van der Waals surface area contributed by atoms with Crippen molar-refractivity contribution in [2.24, 2.45) is 13.0 Å². The van der Waals surface area contributed by atoms with Gasteiger partial charge in [-0.05, 0) is 33.6 Å². The van der Waals surface area contributed by atoms with Crippen LogP contribution in [0.4, 0.5) is 0 Å². The van der Waals surface area contributed by atoms with Crippen molar-refractivity contribution in [3.8, 4) is 0 Å². The molecule has 0 spiro atoms. The van der Waals surface area contributed by atoms with Crippen molar-refractivity contribution < 1.29 is 0 Å². The van der Waals surface area contributed by atoms with Crippen LogP contribution in [0.25, 0.3) is 0 Å². The lowest BCUT2D eigenvalue weighted by Gasteiger charge is -2.21. The highest BCUT2D eigenvalue weighted by Gasteiger charge is 2.17. The van der Waals surface area contributed by atoms with E-state index in [9.17, 15) is 0 Å². The van der Waals surface area contributed by atoms with Gasteiger partial charge >= 0.3 is 0 Å². The molecule has 0 aromatic carbocycles. The molecule has 0 saturated carbocycles. The maximum absolute atomic E-state index is 4.57. The van der Waals surface area contributed by atoms with Crippen LogP contribution in [-0.4, -0.2) is 21.1 Å². The summed E-state index contributed by atoms with van der Waals surface area (Å²) in [5, 5.41) is 9.45. The Labute approximate surface area is 122 Å². The molecule has 0 aliphatic heterocycles. The van der Waals surface area contributed by atoms with Gasteiger partial charge in [0.25, 0.3) is 0 Å². The Hall–Kier alpha value is -0.480. The molecule has 1 rings (SSSR count). The molecule has 1 heterocycles. The Morgan fingerprint density at radius 1 is 1.37 bits per heavy atom. The summed E-state index contributed by atoms with van der Waals surface area (Å²) in [6.45, 7) is 14.2. The molecule has 0 aliphatic rings. The Morgan fingerprint density at radius 3 is 2.53 bits per heavy atom. The van der Waals surface area contributed by atoms with Gasteiger partial charge in [-0.2, -0.15) is 5.10 Å². The highest BCUT2D eigenvalue weighted by molar-refractivity contribution is 7.99. The number of nitrogens with one attached hydrogen (secondary N) is 1. The highest BCUT2D eigenvalue weighted by atomic mass is 32.2.